The van der Waals surface area contributed by atoms with Crippen LogP contribution in [0.4, 0.5) is 0 Å². The van der Waals surface area contributed by atoms with E-state index < -0.39 is 6.04 Å². The molecule has 0 fully saturated rings. The molecule has 0 saturated carbocycles. The number of benzene rings is 1. The first-order valence-electron chi connectivity index (χ1n) is 8.19. The predicted octanol–water partition coefficient (Wildman–Crippen LogP) is 2.27. The molecule has 130 valence electrons. The zero-order valence-electron chi connectivity index (χ0n) is 14.4. The highest BCUT2D eigenvalue weighted by atomic mass is 16.5. The molecule has 1 aromatic carbocycles. The van der Waals surface area contributed by atoms with Gasteiger partial charge in [-0.2, -0.15) is 4.98 Å². The average Bonchev–Trinajstić information content (AvgIpc) is 2.98. The lowest BCUT2D eigenvalue weighted by Crippen LogP contribution is -2.38. The second-order valence-corrected chi connectivity index (χ2v) is 5.91. The van der Waals surface area contributed by atoms with Crippen molar-refractivity contribution in [2.24, 2.45) is 0 Å². The maximum atomic E-state index is 12.9. The smallest absolute Gasteiger partial charge is 0.267 e. The number of nitrogens with one attached hydrogen (secondary N) is 1. The van der Waals surface area contributed by atoms with Crippen molar-refractivity contribution in [3.8, 4) is 0 Å². The third kappa shape index (κ3) is 3.17. The number of hydrogen-bond acceptors (Lipinski definition) is 5. The van der Waals surface area contributed by atoms with Crippen LogP contribution in [0.2, 0.25) is 0 Å². The van der Waals surface area contributed by atoms with Crippen LogP contribution in [0.15, 0.2) is 39.6 Å². The molecule has 25 heavy (non-hydrogen) atoms. The molecule has 1 atom stereocenters. The van der Waals surface area contributed by atoms with E-state index in [-0.39, 0.29) is 17.2 Å². The SMILES string of the molecule is CC[C@@H](C(=O)NCc1ccccc1)n1c(C)nc2onc(C)c2c1=O. The quantitative estimate of drug-likeness (QED) is 0.769. The Balaban J connectivity index is 1.92. The van der Waals surface area contributed by atoms with Crippen LogP contribution in [0.5, 0.6) is 0 Å². The van der Waals surface area contributed by atoms with Crippen LogP contribution in [-0.4, -0.2) is 20.6 Å². The molecule has 0 aliphatic carbocycles. The van der Waals surface area contributed by atoms with Gasteiger partial charge in [0.25, 0.3) is 11.3 Å². The van der Waals surface area contributed by atoms with E-state index in [0.29, 0.717) is 29.9 Å². The molecule has 1 N–H and O–H groups in total. The number of hydrogen-bond donors (Lipinski definition) is 1. The highest BCUT2D eigenvalue weighted by Crippen LogP contribution is 2.17. The third-order valence-corrected chi connectivity index (χ3v) is 4.20. The van der Waals surface area contributed by atoms with Gasteiger partial charge in [0.15, 0.2) is 0 Å². The highest BCUT2D eigenvalue weighted by molar-refractivity contribution is 5.81. The largest absolute Gasteiger partial charge is 0.350 e. The Labute approximate surface area is 144 Å². The number of amides is 1. The molecule has 0 radical (unpaired) electrons. The molecule has 2 aromatic heterocycles. The normalized spacial score (nSPS) is 12.3. The Hall–Kier alpha value is -2.96. The van der Waals surface area contributed by atoms with Crippen molar-refractivity contribution in [2.45, 2.75) is 39.8 Å². The number of nitrogens with zero attached hydrogens (tertiary/aromatic N) is 3. The zero-order chi connectivity index (χ0) is 18.0. The monoisotopic (exact) mass is 340 g/mol. The van der Waals surface area contributed by atoms with Crippen LogP contribution in [0.1, 0.15) is 36.5 Å². The van der Waals surface area contributed by atoms with Gasteiger partial charge >= 0.3 is 0 Å². The molecule has 7 heteroatoms. The molecule has 2 heterocycles. The Bertz CT molecular complexity index is 960. The van der Waals surface area contributed by atoms with Gasteiger partial charge in [-0.1, -0.05) is 42.4 Å². The van der Waals surface area contributed by atoms with Crippen molar-refractivity contribution in [2.75, 3.05) is 0 Å². The summed E-state index contributed by atoms with van der Waals surface area (Å²) in [6.45, 7) is 5.64. The maximum Gasteiger partial charge on any atom is 0.267 e. The first-order valence-corrected chi connectivity index (χ1v) is 8.19. The standard InChI is InChI=1S/C18H20N4O3/c1-4-14(16(23)19-10-13-8-6-5-7-9-13)22-12(3)20-17-15(18(22)24)11(2)21-25-17/h5-9,14H,4,10H2,1-3H3,(H,19,23)/t14-/m0/s1. The van der Waals surface area contributed by atoms with Crippen LogP contribution in [0.25, 0.3) is 11.1 Å². The van der Waals surface area contributed by atoms with Crippen molar-refractivity contribution in [3.05, 3.63) is 57.8 Å². The van der Waals surface area contributed by atoms with E-state index in [4.69, 9.17) is 4.52 Å². The number of aryl methyl sites for hydroxylation is 2. The van der Waals surface area contributed by atoms with E-state index in [2.05, 4.69) is 15.5 Å². The maximum absolute atomic E-state index is 12.9. The van der Waals surface area contributed by atoms with Crippen LogP contribution >= 0.6 is 0 Å². The minimum absolute atomic E-state index is 0.204. The summed E-state index contributed by atoms with van der Waals surface area (Å²) in [5.41, 5.74) is 1.37. The molecule has 0 bridgehead atoms. The lowest BCUT2D eigenvalue weighted by molar-refractivity contribution is -0.124. The minimum atomic E-state index is -0.637. The first-order chi connectivity index (χ1) is 12.0. The van der Waals surface area contributed by atoms with E-state index in [9.17, 15) is 9.59 Å². The van der Waals surface area contributed by atoms with Gasteiger partial charge in [0.2, 0.25) is 5.91 Å². The van der Waals surface area contributed by atoms with Crippen LogP contribution in [0.3, 0.4) is 0 Å². The Morgan fingerprint density at radius 2 is 2.00 bits per heavy atom. The molecular weight excluding hydrogens is 320 g/mol. The zero-order valence-corrected chi connectivity index (χ0v) is 14.4. The number of aromatic nitrogens is 3. The molecule has 0 saturated heterocycles. The van der Waals surface area contributed by atoms with Crippen molar-refractivity contribution in [3.63, 3.8) is 0 Å². The van der Waals surface area contributed by atoms with Gasteiger partial charge in [-0.3, -0.25) is 14.2 Å². The second kappa shape index (κ2) is 6.88. The first kappa shape index (κ1) is 16.9. The van der Waals surface area contributed by atoms with E-state index in [0.717, 1.165) is 5.56 Å². The topological polar surface area (TPSA) is 90.0 Å². The highest BCUT2D eigenvalue weighted by Gasteiger charge is 2.24. The van der Waals surface area contributed by atoms with Crippen molar-refractivity contribution >= 4 is 17.0 Å². The van der Waals surface area contributed by atoms with Crippen LogP contribution in [0, 0.1) is 13.8 Å². The summed E-state index contributed by atoms with van der Waals surface area (Å²) in [5.74, 6) is 0.210. The fourth-order valence-electron chi connectivity index (χ4n) is 2.90. The molecule has 7 nitrogen and oxygen atoms in total. The molecule has 0 spiro atoms. The van der Waals surface area contributed by atoms with Crippen molar-refractivity contribution in [1.82, 2.24) is 20.0 Å². The molecule has 0 unspecified atom stereocenters. The van der Waals surface area contributed by atoms with Gasteiger partial charge in [-0.05, 0) is 25.8 Å². The lowest BCUT2D eigenvalue weighted by Gasteiger charge is -2.19. The van der Waals surface area contributed by atoms with E-state index in [1.165, 1.54) is 4.57 Å². The minimum Gasteiger partial charge on any atom is -0.350 e. The summed E-state index contributed by atoms with van der Waals surface area (Å²) in [6, 6.07) is 8.99. The van der Waals surface area contributed by atoms with Crippen molar-refractivity contribution in [1.29, 1.82) is 0 Å². The molecule has 0 aliphatic rings. The molecule has 0 aliphatic heterocycles. The van der Waals surface area contributed by atoms with Gasteiger partial charge in [-0.15, -0.1) is 0 Å². The Kier molecular flexibility index (Phi) is 4.65. The third-order valence-electron chi connectivity index (χ3n) is 4.20. The van der Waals surface area contributed by atoms with Gasteiger partial charge in [-0.25, -0.2) is 0 Å². The van der Waals surface area contributed by atoms with Crippen LogP contribution in [-0.2, 0) is 11.3 Å². The average molecular weight is 340 g/mol. The number of fused-ring (bicyclic) bond motifs is 1. The van der Waals surface area contributed by atoms with E-state index in [1.54, 1.807) is 13.8 Å². The number of carbonyl (C=O) groups excluding carboxylic acids is 1. The summed E-state index contributed by atoms with van der Waals surface area (Å²) >= 11 is 0. The number of rotatable bonds is 5. The van der Waals surface area contributed by atoms with Crippen LogP contribution < -0.4 is 10.9 Å². The fraction of sp³-hybridized carbons (Fsp3) is 0.333. The van der Waals surface area contributed by atoms with E-state index >= 15 is 0 Å². The Morgan fingerprint density at radius 3 is 2.68 bits per heavy atom. The molecule has 3 rings (SSSR count). The summed E-state index contributed by atoms with van der Waals surface area (Å²) in [7, 11) is 0. The summed E-state index contributed by atoms with van der Waals surface area (Å²) in [5, 5.41) is 7.01. The predicted molar refractivity (Wildman–Crippen MR) is 93.2 cm³/mol. The Morgan fingerprint density at radius 1 is 1.28 bits per heavy atom. The molecule has 1 amide bonds. The summed E-state index contributed by atoms with van der Waals surface area (Å²) in [6.07, 6.45) is 0.471. The number of carbonyl (C=O) groups is 1. The fourth-order valence-corrected chi connectivity index (χ4v) is 2.90. The summed E-state index contributed by atoms with van der Waals surface area (Å²) < 4.78 is 6.49. The van der Waals surface area contributed by atoms with Gasteiger partial charge in [0.05, 0.1) is 5.69 Å². The second-order valence-electron chi connectivity index (χ2n) is 5.91. The summed E-state index contributed by atoms with van der Waals surface area (Å²) in [4.78, 5) is 29.8. The van der Waals surface area contributed by atoms with Gasteiger partial charge < -0.3 is 9.84 Å². The molecule has 3 aromatic rings. The van der Waals surface area contributed by atoms with E-state index in [1.807, 2.05) is 37.3 Å². The van der Waals surface area contributed by atoms with Gasteiger partial charge in [0, 0.05) is 6.54 Å². The van der Waals surface area contributed by atoms with Gasteiger partial charge in [0.1, 0.15) is 17.3 Å². The van der Waals surface area contributed by atoms with Crippen molar-refractivity contribution < 1.29 is 9.32 Å². The lowest BCUT2D eigenvalue weighted by atomic mass is 10.1. The molecular formula is C18H20N4O3.